The number of rotatable bonds is 0. The topological polar surface area (TPSA) is 0 Å². The first kappa shape index (κ1) is 15.0. The molecule has 6 atom stereocenters. The lowest BCUT2D eigenvalue weighted by molar-refractivity contribution is 0.385. The van der Waals surface area contributed by atoms with Crippen molar-refractivity contribution in [2.24, 2.45) is 11.8 Å². The zero-order valence-corrected chi connectivity index (χ0v) is 14.6. The summed E-state index contributed by atoms with van der Waals surface area (Å²) in [6.45, 7) is 0. The Hall–Kier alpha value is 2.06. The van der Waals surface area contributed by atoms with E-state index in [9.17, 15) is 0 Å². The molecule has 3 rings (SSSR count). The maximum atomic E-state index is 6.62. The van der Waals surface area contributed by atoms with Gasteiger partial charge >= 0.3 is 0 Å². The molecule has 2 fully saturated rings. The van der Waals surface area contributed by atoms with Gasteiger partial charge < -0.3 is 0 Å². The highest BCUT2D eigenvalue weighted by molar-refractivity contribution is 6.66. The Labute approximate surface area is 145 Å². The fourth-order valence-corrected chi connectivity index (χ4v) is 7.46. The van der Waals surface area contributed by atoms with Gasteiger partial charge in [0.15, 0.2) is 4.33 Å². The van der Waals surface area contributed by atoms with Crippen LogP contribution in [0.5, 0.6) is 0 Å². The third-order valence-corrected chi connectivity index (χ3v) is 9.79. The van der Waals surface area contributed by atoms with Gasteiger partial charge in [0.1, 0.15) is 9.75 Å². The molecule has 0 unspecified atom stereocenters. The fourth-order valence-electron chi connectivity index (χ4n) is 3.48. The first-order valence-electron chi connectivity index (χ1n) is 5.21. The van der Waals surface area contributed by atoms with Gasteiger partial charge in [0.05, 0.1) is 20.8 Å². The van der Waals surface area contributed by atoms with E-state index in [2.05, 4.69) is 0 Å². The van der Waals surface area contributed by atoms with E-state index in [1.54, 1.807) is 0 Å². The molecule has 0 N–H and O–H groups in total. The lowest BCUT2D eigenvalue weighted by Gasteiger charge is -2.35. The number of hydrogen-bond donors (Lipinski definition) is 0. The Morgan fingerprint density at radius 2 is 1.39 bits per heavy atom. The minimum absolute atomic E-state index is 0.184. The monoisotopic (exact) mass is 406 g/mol. The molecular weight excluding hydrogens is 404 g/mol. The summed E-state index contributed by atoms with van der Waals surface area (Å²) in [5, 5.41) is -0.259. The summed E-state index contributed by atoms with van der Waals surface area (Å²) in [7, 11) is 0. The Kier molecular flexibility index (Phi) is 3.39. The Balaban J connectivity index is 2.26. The number of allylic oxidation sites excluding steroid dienone is 2. The molecule has 0 radical (unpaired) electrons. The Bertz CT molecular complexity index is 459. The van der Waals surface area contributed by atoms with Gasteiger partial charge in [-0.1, -0.05) is 46.4 Å². The largest absolute Gasteiger partial charge is 0.166 e. The molecule has 0 aromatic carbocycles. The van der Waals surface area contributed by atoms with Crippen LogP contribution in [0.2, 0.25) is 0 Å². The van der Waals surface area contributed by atoms with Crippen molar-refractivity contribution in [1.29, 1.82) is 0 Å². The van der Waals surface area contributed by atoms with Crippen molar-refractivity contribution in [3.63, 3.8) is 0 Å². The molecule has 0 aromatic rings. The molecule has 2 saturated carbocycles. The van der Waals surface area contributed by atoms with Gasteiger partial charge in [-0.2, -0.15) is 0 Å². The molecule has 8 heteroatoms. The number of halogens is 8. The minimum atomic E-state index is -1.50. The van der Waals surface area contributed by atoms with E-state index in [4.69, 9.17) is 92.8 Å². The molecule has 0 heterocycles. The van der Waals surface area contributed by atoms with Crippen LogP contribution in [0.3, 0.4) is 0 Å². The zero-order valence-electron chi connectivity index (χ0n) is 8.54. The van der Waals surface area contributed by atoms with Gasteiger partial charge in [-0.15, -0.1) is 46.4 Å². The first-order valence-corrected chi connectivity index (χ1v) is 8.35. The molecule has 3 aliphatic rings. The van der Waals surface area contributed by atoms with Crippen LogP contribution in [0, 0.1) is 11.8 Å². The predicted octanol–water partition coefficient (Wildman–Crippen LogP) is 5.68. The smallest absolute Gasteiger partial charge is 0.121 e. The average molecular weight is 410 g/mol. The van der Waals surface area contributed by atoms with Gasteiger partial charge in [-0.3, -0.25) is 0 Å². The van der Waals surface area contributed by atoms with Crippen LogP contribution < -0.4 is 0 Å². The van der Waals surface area contributed by atoms with Crippen molar-refractivity contribution in [3.05, 3.63) is 10.1 Å². The number of hydrogen-bond acceptors (Lipinski definition) is 0. The van der Waals surface area contributed by atoms with E-state index in [0.29, 0.717) is 6.42 Å². The second-order valence-electron chi connectivity index (χ2n) is 4.95. The second-order valence-corrected chi connectivity index (χ2v) is 9.29. The van der Waals surface area contributed by atoms with Gasteiger partial charge in [0.25, 0.3) is 0 Å². The third kappa shape index (κ3) is 1.28. The van der Waals surface area contributed by atoms with E-state index < -0.39 is 19.5 Å². The lowest BCUT2D eigenvalue weighted by Crippen LogP contribution is -2.47. The molecule has 0 amide bonds. The van der Waals surface area contributed by atoms with Crippen molar-refractivity contribution >= 4 is 92.8 Å². The van der Waals surface area contributed by atoms with Crippen LogP contribution in [0.4, 0.5) is 0 Å². The molecule has 0 aromatic heterocycles. The highest BCUT2D eigenvalue weighted by Crippen LogP contribution is 2.79. The van der Waals surface area contributed by atoms with Gasteiger partial charge in [0.2, 0.25) is 0 Å². The molecule has 0 aliphatic heterocycles. The molecule has 2 bridgehead atoms. The van der Waals surface area contributed by atoms with Crippen LogP contribution in [0.15, 0.2) is 10.1 Å². The van der Waals surface area contributed by atoms with Crippen LogP contribution in [0.25, 0.3) is 0 Å². The summed E-state index contributed by atoms with van der Waals surface area (Å²) in [5.41, 5.74) is 0. The van der Waals surface area contributed by atoms with Crippen LogP contribution in [-0.4, -0.2) is 24.8 Å². The number of fused-ring (bicyclic) bond motifs is 5. The predicted molar refractivity (Wildman–Crippen MR) is 81.2 cm³/mol. The highest BCUT2D eigenvalue weighted by Gasteiger charge is 2.84. The van der Waals surface area contributed by atoms with E-state index in [1.807, 2.05) is 0 Å². The standard InChI is InChI=1S/C10H6Cl8/c11-3-1-2-4(5(3)12)9(16)7(14)6(13)8(2,15)10(9,17)18/h2-5H,1H2/t2-,3-,4-,5-,8-,9-/m1/s1. The Morgan fingerprint density at radius 1 is 0.889 bits per heavy atom. The Morgan fingerprint density at radius 3 is 1.94 bits per heavy atom. The maximum absolute atomic E-state index is 6.62. The fraction of sp³-hybridized carbons (Fsp3) is 0.800. The first-order chi connectivity index (χ1) is 8.11. The normalized spacial score (nSPS) is 57.3. The molecule has 102 valence electrons. The summed E-state index contributed by atoms with van der Waals surface area (Å²) in [4.78, 5) is -2.50. The summed E-state index contributed by atoms with van der Waals surface area (Å²) >= 11 is 51.0. The van der Waals surface area contributed by atoms with Crippen LogP contribution in [-0.2, 0) is 0 Å². The number of alkyl halides is 6. The minimum Gasteiger partial charge on any atom is -0.121 e. The van der Waals surface area contributed by atoms with E-state index >= 15 is 0 Å². The lowest BCUT2D eigenvalue weighted by atomic mass is 9.84. The molecule has 0 spiro atoms. The second kappa shape index (κ2) is 4.07. The van der Waals surface area contributed by atoms with E-state index in [-0.39, 0.29) is 27.3 Å². The maximum Gasteiger partial charge on any atom is 0.166 e. The molecule has 0 saturated heterocycles. The van der Waals surface area contributed by atoms with Crippen molar-refractivity contribution in [2.45, 2.75) is 31.3 Å². The van der Waals surface area contributed by atoms with Gasteiger partial charge in [-0.05, 0) is 12.3 Å². The quantitative estimate of drug-likeness (QED) is 0.451. The van der Waals surface area contributed by atoms with Crippen molar-refractivity contribution in [2.75, 3.05) is 0 Å². The molecular formula is C10H6Cl8. The SMILES string of the molecule is ClC1=C(Cl)[C@]2(Cl)[C@@H]3C[C@@H](Cl)[C@@H](Cl)[C@@H]3[C@]1(Cl)C2(Cl)Cl. The van der Waals surface area contributed by atoms with Crippen LogP contribution in [0.1, 0.15) is 6.42 Å². The van der Waals surface area contributed by atoms with E-state index in [0.717, 1.165) is 0 Å². The van der Waals surface area contributed by atoms with Gasteiger partial charge in [0, 0.05) is 5.92 Å². The summed E-state index contributed by atoms with van der Waals surface area (Å²) in [6.07, 6.45) is 0.555. The third-order valence-electron chi connectivity index (χ3n) is 4.32. The van der Waals surface area contributed by atoms with E-state index in [1.165, 1.54) is 0 Å². The highest BCUT2D eigenvalue weighted by atomic mass is 35.5. The molecule has 3 aliphatic carbocycles. The summed E-state index contributed by atoms with van der Waals surface area (Å²) in [6, 6.07) is 0. The summed E-state index contributed by atoms with van der Waals surface area (Å²) in [5.74, 6) is -0.488. The molecule has 18 heavy (non-hydrogen) atoms. The van der Waals surface area contributed by atoms with Crippen LogP contribution >= 0.6 is 92.8 Å². The van der Waals surface area contributed by atoms with Crippen molar-refractivity contribution < 1.29 is 0 Å². The van der Waals surface area contributed by atoms with Crippen molar-refractivity contribution in [1.82, 2.24) is 0 Å². The van der Waals surface area contributed by atoms with Gasteiger partial charge in [-0.25, -0.2) is 0 Å². The molecule has 0 nitrogen and oxygen atoms in total. The zero-order chi connectivity index (χ0) is 13.7. The summed E-state index contributed by atoms with van der Waals surface area (Å²) < 4.78 is -1.50. The van der Waals surface area contributed by atoms with Crippen molar-refractivity contribution in [3.8, 4) is 0 Å². The average Bonchev–Trinajstić information content (AvgIpc) is 2.69.